The summed E-state index contributed by atoms with van der Waals surface area (Å²) in [5.74, 6) is 0.864. The maximum Gasteiger partial charge on any atom is 0.314 e. The summed E-state index contributed by atoms with van der Waals surface area (Å²) in [5.41, 5.74) is 1.44. The molecule has 0 radical (unpaired) electrons. The van der Waals surface area contributed by atoms with E-state index in [1.165, 1.54) is 18.4 Å². The molecule has 3 rings (SSSR count). The lowest BCUT2D eigenvalue weighted by Gasteiger charge is -2.30. The summed E-state index contributed by atoms with van der Waals surface area (Å²) in [6, 6.07) is 16.3. The average molecular weight is 352 g/mol. The van der Waals surface area contributed by atoms with Crippen LogP contribution in [-0.4, -0.2) is 30.6 Å². The van der Waals surface area contributed by atoms with Gasteiger partial charge in [-0.1, -0.05) is 49.2 Å². The van der Waals surface area contributed by atoms with E-state index in [9.17, 15) is 4.79 Å². The van der Waals surface area contributed by atoms with Gasteiger partial charge in [-0.3, -0.25) is 0 Å². The van der Waals surface area contributed by atoms with E-state index in [1.807, 2.05) is 24.3 Å². The first-order valence-corrected chi connectivity index (χ1v) is 9.51. The fourth-order valence-corrected chi connectivity index (χ4v) is 3.70. The SMILES string of the molecule is O=C(NCCCNc1ccccn1)NCC1(c2ccccc2)CCCC1. The molecule has 0 spiro atoms. The third-order valence-electron chi connectivity index (χ3n) is 5.14. The number of aromatic nitrogens is 1. The molecular weight excluding hydrogens is 324 g/mol. The predicted molar refractivity (Wildman–Crippen MR) is 105 cm³/mol. The van der Waals surface area contributed by atoms with Crippen LogP contribution in [0.4, 0.5) is 10.6 Å². The van der Waals surface area contributed by atoms with Crippen molar-refractivity contribution >= 4 is 11.8 Å². The van der Waals surface area contributed by atoms with Crippen LogP contribution in [0, 0.1) is 0 Å². The summed E-state index contributed by atoms with van der Waals surface area (Å²) in [4.78, 5) is 16.4. The number of carbonyl (C=O) groups is 1. The summed E-state index contributed by atoms with van der Waals surface area (Å²) in [6.07, 6.45) is 7.37. The number of hydrogen-bond acceptors (Lipinski definition) is 3. The highest BCUT2D eigenvalue weighted by Crippen LogP contribution is 2.40. The molecule has 0 aliphatic heterocycles. The van der Waals surface area contributed by atoms with E-state index >= 15 is 0 Å². The van der Waals surface area contributed by atoms with Crippen LogP contribution in [0.25, 0.3) is 0 Å². The molecule has 0 saturated heterocycles. The maximum atomic E-state index is 12.2. The zero-order chi connectivity index (χ0) is 18.1. The van der Waals surface area contributed by atoms with Gasteiger partial charge in [-0.05, 0) is 37.0 Å². The molecular formula is C21H28N4O. The molecule has 1 aliphatic rings. The number of benzene rings is 1. The number of nitrogens with zero attached hydrogens (tertiary/aromatic N) is 1. The number of nitrogens with one attached hydrogen (secondary N) is 3. The second-order valence-corrected chi connectivity index (χ2v) is 6.96. The summed E-state index contributed by atoms with van der Waals surface area (Å²) < 4.78 is 0. The highest BCUT2D eigenvalue weighted by Gasteiger charge is 2.35. The van der Waals surface area contributed by atoms with Crippen molar-refractivity contribution in [3.63, 3.8) is 0 Å². The number of hydrogen-bond donors (Lipinski definition) is 3. The van der Waals surface area contributed by atoms with Crippen LogP contribution in [0.5, 0.6) is 0 Å². The smallest absolute Gasteiger partial charge is 0.314 e. The Hall–Kier alpha value is -2.56. The molecule has 26 heavy (non-hydrogen) atoms. The molecule has 1 aromatic carbocycles. The van der Waals surface area contributed by atoms with Gasteiger partial charge in [-0.2, -0.15) is 0 Å². The van der Waals surface area contributed by atoms with Crippen LogP contribution in [0.15, 0.2) is 54.7 Å². The Morgan fingerprint density at radius 3 is 2.46 bits per heavy atom. The lowest BCUT2D eigenvalue weighted by atomic mass is 9.79. The number of pyridine rings is 1. The Labute approximate surface area is 155 Å². The molecule has 5 nitrogen and oxygen atoms in total. The van der Waals surface area contributed by atoms with Gasteiger partial charge in [-0.15, -0.1) is 0 Å². The summed E-state index contributed by atoms with van der Waals surface area (Å²) in [7, 11) is 0. The molecule has 1 heterocycles. The zero-order valence-electron chi connectivity index (χ0n) is 15.2. The van der Waals surface area contributed by atoms with Crippen LogP contribution in [0.2, 0.25) is 0 Å². The lowest BCUT2D eigenvalue weighted by molar-refractivity contribution is 0.237. The van der Waals surface area contributed by atoms with E-state index in [0.717, 1.165) is 31.6 Å². The third-order valence-corrected chi connectivity index (χ3v) is 5.14. The molecule has 3 N–H and O–H groups in total. The molecule has 0 atom stereocenters. The van der Waals surface area contributed by atoms with Crippen molar-refractivity contribution in [3.05, 3.63) is 60.3 Å². The molecule has 1 aromatic heterocycles. The third kappa shape index (κ3) is 4.97. The first-order chi connectivity index (χ1) is 12.8. The fourth-order valence-electron chi connectivity index (χ4n) is 3.70. The summed E-state index contributed by atoms with van der Waals surface area (Å²) in [6.45, 7) is 2.13. The topological polar surface area (TPSA) is 66.0 Å². The van der Waals surface area contributed by atoms with Gasteiger partial charge in [0, 0.05) is 31.2 Å². The van der Waals surface area contributed by atoms with Gasteiger partial charge in [0.1, 0.15) is 5.82 Å². The number of urea groups is 1. The highest BCUT2D eigenvalue weighted by atomic mass is 16.2. The minimum atomic E-state index is -0.0787. The molecule has 2 amide bonds. The first-order valence-electron chi connectivity index (χ1n) is 9.51. The second-order valence-electron chi connectivity index (χ2n) is 6.96. The van der Waals surface area contributed by atoms with Gasteiger partial charge in [0.05, 0.1) is 0 Å². The molecule has 5 heteroatoms. The van der Waals surface area contributed by atoms with E-state index in [0.29, 0.717) is 13.1 Å². The normalized spacial score (nSPS) is 15.4. The van der Waals surface area contributed by atoms with Gasteiger partial charge >= 0.3 is 6.03 Å². The fraction of sp³-hybridized carbons (Fsp3) is 0.429. The molecule has 0 bridgehead atoms. The van der Waals surface area contributed by atoms with Crippen LogP contribution in [0.1, 0.15) is 37.7 Å². The molecule has 138 valence electrons. The Morgan fingerprint density at radius 1 is 0.962 bits per heavy atom. The Bertz CT molecular complexity index is 669. The van der Waals surface area contributed by atoms with Crippen LogP contribution in [-0.2, 0) is 5.41 Å². The summed E-state index contributed by atoms with van der Waals surface area (Å²) >= 11 is 0. The van der Waals surface area contributed by atoms with Gasteiger partial charge < -0.3 is 16.0 Å². The average Bonchev–Trinajstić information content (AvgIpc) is 3.18. The van der Waals surface area contributed by atoms with Crippen molar-refractivity contribution in [2.75, 3.05) is 25.0 Å². The quantitative estimate of drug-likeness (QED) is 0.635. The molecule has 0 unspecified atom stereocenters. The van der Waals surface area contributed by atoms with Crippen molar-refractivity contribution < 1.29 is 4.79 Å². The van der Waals surface area contributed by atoms with E-state index in [2.05, 4.69) is 45.2 Å². The van der Waals surface area contributed by atoms with Crippen molar-refractivity contribution in [3.8, 4) is 0 Å². The maximum absolute atomic E-state index is 12.2. The predicted octanol–water partition coefficient (Wildman–Crippen LogP) is 3.69. The van der Waals surface area contributed by atoms with Crippen molar-refractivity contribution in [1.82, 2.24) is 15.6 Å². The summed E-state index contributed by atoms with van der Waals surface area (Å²) in [5, 5.41) is 9.28. The van der Waals surface area contributed by atoms with E-state index in [1.54, 1.807) is 6.20 Å². The lowest BCUT2D eigenvalue weighted by Crippen LogP contribution is -2.44. The zero-order valence-corrected chi connectivity index (χ0v) is 15.2. The standard InChI is InChI=1S/C21H28N4O/c26-20(24-16-8-15-23-19-11-4-7-14-22-19)25-17-21(12-5-6-13-21)18-9-2-1-3-10-18/h1-4,7,9-11,14H,5-6,8,12-13,15-17H2,(H,22,23)(H2,24,25,26). The first kappa shape index (κ1) is 18.2. The minimum Gasteiger partial charge on any atom is -0.370 e. The van der Waals surface area contributed by atoms with Crippen LogP contribution < -0.4 is 16.0 Å². The molecule has 1 fully saturated rings. The van der Waals surface area contributed by atoms with Gasteiger partial charge in [-0.25, -0.2) is 9.78 Å². The van der Waals surface area contributed by atoms with Gasteiger partial charge in [0.15, 0.2) is 0 Å². The monoisotopic (exact) mass is 352 g/mol. The van der Waals surface area contributed by atoms with Crippen molar-refractivity contribution in [2.24, 2.45) is 0 Å². The van der Waals surface area contributed by atoms with Crippen molar-refractivity contribution in [2.45, 2.75) is 37.5 Å². The Balaban J connectivity index is 1.38. The minimum absolute atomic E-state index is 0.0787. The Kier molecular flexibility index (Phi) is 6.47. The van der Waals surface area contributed by atoms with Gasteiger partial charge in [0.2, 0.25) is 0 Å². The van der Waals surface area contributed by atoms with E-state index < -0.39 is 0 Å². The van der Waals surface area contributed by atoms with Crippen molar-refractivity contribution in [1.29, 1.82) is 0 Å². The number of anilines is 1. The van der Waals surface area contributed by atoms with E-state index in [-0.39, 0.29) is 11.4 Å². The second kappa shape index (κ2) is 9.22. The number of amides is 2. The molecule has 1 aliphatic carbocycles. The number of carbonyl (C=O) groups excluding carboxylic acids is 1. The Morgan fingerprint density at radius 2 is 1.73 bits per heavy atom. The highest BCUT2D eigenvalue weighted by molar-refractivity contribution is 5.74. The van der Waals surface area contributed by atoms with Gasteiger partial charge in [0.25, 0.3) is 0 Å². The number of rotatable bonds is 8. The van der Waals surface area contributed by atoms with Crippen LogP contribution >= 0.6 is 0 Å². The van der Waals surface area contributed by atoms with E-state index in [4.69, 9.17) is 0 Å². The molecule has 2 aromatic rings. The molecule has 1 saturated carbocycles. The largest absolute Gasteiger partial charge is 0.370 e. The van der Waals surface area contributed by atoms with Crippen LogP contribution in [0.3, 0.4) is 0 Å².